The number of ketones is 1. The Kier molecular flexibility index (Phi) is 7.25. The van der Waals surface area contributed by atoms with Crippen molar-refractivity contribution in [1.82, 2.24) is 10.2 Å². The van der Waals surface area contributed by atoms with Crippen LogP contribution in [0.5, 0.6) is 0 Å². The first kappa shape index (κ1) is 19.5. The standard InChI is InChI=1S/C18H24N2O4/c1-5-6-8-14(2)10-11-18(15(3)21,19-17(23)24-4)13-20-12-7-9-16(20)22/h5-6,8H,7,9,12-13H2,1-4H3,(H,19,23)/b6-5-,14-8+. The fourth-order valence-corrected chi connectivity index (χ4v) is 2.27. The molecule has 1 atom stereocenters. The zero-order valence-corrected chi connectivity index (χ0v) is 14.6. The molecule has 1 aliphatic heterocycles. The highest BCUT2D eigenvalue weighted by Gasteiger charge is 2.40. The molecule has 1 N–H and O–H groups in total. The topological polar surface area (TPSA) is 75.7 Å². The van der Waals surface area contributed by atoms with Gasteiger partial charge in [0, 0.05) is 13.0 Å². The number of ether oxygens (including phenoxy) is 1. The van der Waals surface area contributed by atoms with E-state index in [1.807, 2.05) is 19.1 Å². The van der Waals surface area contributed by atoms with Gasteiger partial charge in [0.2, 0.25) is 5.91 Å². The molecule has 0 aromatic carbocycles. The van der Waals surface area contributed by atoms with Crippen LogP contribution in [0.2, 0.25) is 0 Å². The van der Waals surface area contributed by atoms with Crippen LogP contribution in [0, 0.1) is 11.8 Å². The van der Waals surface area contributed by atoms with E-state index in [2.05, 4.69) is 21.9 Å². The molecule has 1 saturated heterocycles. The zero-order valence-electron chi connectivity index (χ0n) is 14.6. The summed E-state index contributed by atoms with van der Waals surface area (Å²) in [7, 11) is 1.21. The summed E-state index contributed by atoms with van der Waals surface area (Å²) >= 11 is 0. The number of nitrogens with one attached hydrogen (secondary N) is 1. The molecule has 0 bridgehead atoms. The third kappa shape index (κ3) is 5.27. The van der Waals surface area contributed by atoms with Crippen molar-refractivity contribution < 1.29 is 19.1 Å². The van der Waals surface area contributed by atoms with Gasteiger partial charge in [0.1, 0.15) is 0 Å². The summed E-state index contributed by atoms with van der Waals surface area (Å²) in [6.07, 6.45) is 5.91. The molecule has 24 heavy (non-hydrogen) atoms. The number of alkyl carbamates (subject to hydrolysis) is 1. The van der Waals surface area contributed by atoms with Gasteiger partial charge in [0.25, 0.3) is 0 Å². The van der Waals surface area contributed by atoms with Crippen LogP contribution in [0.3, 0.4) is 0 Å². The summed E-state index contributed by atoms with van der Waals surface area (Å²) in [4.78, 5) is 37.5. The fourth-order valence-electron chi connectivity index (χ4n) is 2.27. The van der Waals surface area contributed by atoms with E-state index in [4.69, 9.17) is 0 Å². The number of nitrogens with zero attached hydrogens (tertiary/aromatic N) is 1. The van der Waals surface area contributed by atoms with Crippen molar-refractivity contribution in [2.45, 2.75) is 39.2 Å². The molecule has 0 radical (unpaired) electrons. The fraction of sp³-hybridized carbons (Fsp3) is 0.500. The molecule has 1 heterocycles. The molecule has 130 valence electrons. The Hall–Kier alpha value is -2.55. The van der Waals surface area contributed by atoms with Crippen LogP contribution in [0.15, 0.2) is 23.8 Å². The summed E-state index contributed by atoms with van der Waals surface area (Å²) in [5, 5.41) is 2.52. The molecule has 6 heteroatoms. The van der Waals surface area contributed by atoms with Crippen molar-refractivity contribution >= 4 is 17.8 Å². The Bertz CT molecular complexity index is 625. The van der Waals surface area contributed by atoms with Gasteiger partial charge in [0.15, 0.2) is 11.3 Å². The maximum absolute atomic E-state index is 12.3. The largest absolute Gasteiger partial charge is 0.453 e. The van der Waals surface area contributed by atoms with E-state index in [-0.39, 0.29) is 18.2 Å². The normalized spacial score (nSPS) is 17.2. The molecular formula is C18H24N2O4. The molecule has 0 aromatic rings. The maximum atomic E-state index is 12.3. The van der Waals surface area contributed by atoms with Crippen LogP contribution < -0.4 is 5.32 Å². The molecular weight excluding hydrogens is 308 g/mol. The first-order valence-corrected chi connectivity index (χ1v) is 7.82. The van der Waals surface area contributed by atoms with Crippen LogP contribution >= 0.6 is 0 Å². The smallest absolute Gasteiger partial charge is 0.408 e. The van der Waals surface area contributed by atoms with E-state index >= 15 is 0 Å². The van der Waals surface area contributed by atoms with E-state index in [0.717, 1.165) is 12.0 Å². The molecule has 2 amide bonds. The molecule has 6 nitrogen and oxygen atoms in total. The number of amides is 2. The number of allylic oxidation sites excluding steroid dienone is 4. The summed E-state index contributed by atoms with van der Waals surface area (Å²) < 4.78 is 4.62. The molecule has 1 rings (SSSR count). The number of hydrogen-bond acceptors (Lipinski definition) is 4. The second kappa shape index (κ2) is 8.92. The van der Waals surface area contributed by atoms with Gasteiger partial charge >= 0.3 is 6.09 Å². The minimum atomic E-state index is -1.49. The van der Waals surface area contributed by atoms with Crippen molar-refractivity contribution in [3.8, 4) is 11.8 Å². The maximum Gasteiger partial charge on any atom is 0.408 e. The number of methoxy groups -OCH3 is 1. The van der Waals surface area contributed by atoms with Crippen LogP contribution in [0.25, 0.3) is 0 Å². The number of carbonyl (C=O) groups excluding carboxylic acids is 3. The van der Waals surface area contributed by atoms with Crippen LogP contribution in [0.1, 0.15) is 33.6 Å². The Morgan fingerprint density at radius 3 is 2.62 bits per heavy atom. The number of rotatable bonds is 5. The van der Waals surface area contributed by atoms with Gasteiger partial charge in [-0.3, -0.25) is 14.9 Å². The van der Waals surface area contributed by atoms with Gasteiger partial charge in [-0.1, -0.05) is 30.1 Å². The Morgan fingerprint density at radius 2 is 2.12 bits per heavy atom. The first-order chi connectivity index (χ1) is 11.3. The molecule has 1 unspecified atom stereocenters. The van der Waals surface area contributed by atoms with Gasteiger partial charge in [-0.25, -0.2) is 4.79 Å². The average Bonchev–Trinajstić information content (AvgIpc) is 2.94. The van der Waals surface area contributed by atoms with Crippen LogP contribution in [-0.4, -0.2) is 48.4 Å². The summed E-state index contributed by atoms with van der Waals surface area (Å²) in [6.45, 7) is 5.59. The molecule has 1 fully saturated rings. The Morgan fingerprint density at radius 1 is 1.42 bits per heavy atom. The zero-order chi connectivity index (χ0) is 18.2. The summed E-state index contributed by atoms with van der Waals surface area (Å²) in [6, 6.07) is 0. The number of likely N-dealkylation sites (tertiary alicyclic amines) is 1. The minimum Gasteiger partial charge on any atom is -0.453 e. The van der Waals surface area contributed by atoms with Crippen LogP contribution in [0.4, 0.5) is 4.79 Å². The van der Waals surface area contributed by atoms with Gasteiger partial charge in [-0.2, -0.15) is 0 Å². The molecule has 1 aliphatic rings. The van der Waals surface area contributed by atoms with E-state index in [1.54, 1.807) is 17.9 Å². The highest BCUT2D eigenvalue weighted by molar-refractivity contribution is 5.94. The van der Waals surface area contributed by atoms with Gasteiger partial charge in [-0.15, -0.1) is 0 Å². The SMILES string of the molecule is C/C=C\C=C(/C)C#CC(CN1CCCC1=O)(NC(=O)OC)C(C)=O. The lowest BCUT2D eigenvalue weighted by atomic mass is 9.94. The van der Waals surface area contributed by atoms with Crippen molar-refractivity contribution in [2.75, 3.05) is 20.2 Å². The predicted octanol–water partition coefficient (Wildman–Crippen LogP) is 1.82. The van der Waals surface area contributed by atoms with E-state index in [0.29, 0.717) is 13.0 Å². The monoisotopic (exact) mass is 332 g/mol. The third-order valence-electron chi connectivity index (χ3n) is 3.71. The lowest BCUT2D eigenvalue weighted by molar-refractivity contribution is -0.129. The second-order valence-electron chi connectivity index (χ2n) is 5.62. The number of Topliss-reactive ketones (excluding diaryl/α,β-unsaturated/α-hetero) is 1. The van der Waals surface area contributed by atoms with Gasteiger partial charge in [-0.05, 0) is 32.8 Å². The lowest BCUT2D eigenvalue weighted by Crippen LogP contribution is -2.59. The third-order valence-corrected chi connectivity index (χ3v) is 3.71. The molecule has 0 aliphatic carbocycles. The number of hydrogen-bond donors (Lipinski definition) is 1. The molecule has 0 aromatic heterocycles. The van der Waals surface area contributed by atoms with E-state index < -0.39 is 11.6 Å². The minimum absolute atomic E-state index is 0.0141. The molecule has 0 spiro atoms. The quantitative estimate of drug-likeness (QED) is 0.615. The van der Waals surface area contributed by atoms with Crippen molar-refractivity contribution in [3.63, 3.8) is 0 Å². The van der Waals surface area contributed by atoms with E-state index in [1.165, 1.54) is 14.0 Å². The second-order valence-corrected chi connectivity index (χ2v) is 5.62. The summed E-state index contributed by atoms with van der Waals surface area (Å²) in [5.41, 5.74) is -0.754. The predicted molar refractivity (Wildman–Crippen MR) is 91.1 cm³/mol. The number of carbonyl (C=O) groups is 3. The lowest BCUT2D eigenvalue weighted by Gasteiger charge is -2.31. The van der Waals surface area contributed by atoms with Crippen molar-refractivity contribution in [1.29, 1.82) is 0 Å². The van der Waals surface area contributed by atoms with E-state index in [9.17, 15) is 14.4 Å². The van der Waals surface area contributed by atoms with Crippen molar-refractivity contribution in [2.24, 2.45) is 0 Å². The Labute approximate surface area is 142 Å². The highest BCUT2D eigenvalue weighted by atomic mass is 16.5. The average molecular weight is 332 g/mol. The van der Waals surface area contributed by atoms with Crippen LogP contribution in [-0.2, 0) is 14.3 Å². The van der Waals surface area contributed by atoms with Gasteiger partial charge < -0.3 is 9.64 Å². The first-order valence-electron chi connectivity index (χ1n) is 7.82. The van der Waals surface area contributed by atoms with Crippen molar-refractivity contribution in [3.05, 3.63) is 23.8 Å². The molecule has 0 saturated carbocycles. The highest BCUT2D eigenvalue weighted by Crippen LogP contribution is 2.16. The Balaban J connectivity index is 3.20. The summed E-state index contributed by atoms with van der Waals surface area (Å²) in [5.74, 6) is 5.34. The van der Waals surface area contributed by atoms with Gasteiger partial charge in [0.05, 0.1) is 13.7 Å².